The van der Waals surface area contributed by atoms with Crippen LogP contribution in [-0.2, 0) is 4.79 Å². The predicted octanol–water partition coefficient (Wildman–Crippen LogP) is 5.84. The number of amides is 1. The quantitative estimate of drug-likeness (QED) is 0.319. The van der Waals surface area contributed by atoms with Crippen LogP contribution in [0.15, 0.2) is 47.1 Å². The SMILES string of the molecule is CCCCCNC(=O)/C=C(\C)c1cc2c(-c3ccc(OC)c(OC)c3)coc2cc1OC. The summed E-state index contributed by atoms with van der Waals surface area (Å²) in [7, 11) is 4.83. The molecule has 0 radical (unpaired) electrons. The van der Waals surface area contributed by atoms with Crippen LogP contribution in [0.3, 0.4) is 0 Å². The van der Waals surface area contributed by atoms with E-state index in [1.807, 2.05) is 37.3 Å². The number of hydrogen-bond donors (Lipinski definition) is 1. The molecule has 0 aliphatic carbocycles. The first-order chi connectivity index (χ1) is 15.5. The van der Waals surface area contributed by atoms with Crippen LogP contribution < -0.4 is 19.5 Å². The van der Waals surface area contributed by atoms with E-state index in [0.29, 0.717) is 29.4 Å². The summed E-state index contributed by atoms with van der Waals surface area (Å²) in [6, 6.07) is 9.60. The monoisotopic (exact) mass is 437 g/mol. The highest BCUT2D eigenvalue weighted by atomic mass is 16.5. The Morgan fingerprint density at radius 1 is 1.00 bits per heavy atom. The molecular weight excluding hydrogens is 406 g/mol. The van der Waals surface area contributed by atoms with Gasteiger partial charge in [-0.2, -0.15) is 0 Å². The number of nitrogens with one attached hydrogen (secondary N) is 1. The highest BCUT2D eigenvalue weighted by Crippen LogP contribution is 2.39. The van der Waals surface area contributed by atoms with E-state index in [-0.39, 0.29) is 5.91 Å². The summed E-state index contributed by atoms with van der Waals surface area (Å²) in [5, 5.41) is 3.87. The number of unbranched alkanes of at least 4 members (excludes halogenated alkanes) is 2. The lowest BCUT2D eigenvalue weighted by molar-refractivity contribution is -0.116. The molecule has 0 saturated heterocycles. The second-order valence-electron chi connectivity index (χ2n) is 7.59. The van der Waals surface area contributed by atoms with Crippen molar-refractivity contribution in [1.29, 1.82) is 0 Å². The maximum absolute atomic E-state index is 12.3. The van der Waals surface area contributed by atoms with Crippen LogP contribution >= 0.6 is 0 Å². The number of hydrogen-bond acceptors (Lipinski definition) is 5. The van der Waals surface area contributed by atoms with E-state index in [2.05, 4.69) is 12.2 Å². The molecule has 1 N–H and O–H groups in total. The molecule has 6 heteroatoms. The number of ether oxygens (including phenoxy) is 3. The van der Waals surface area contributed by atoms with Gasteiger partial charge in [0.2, 0.25) is 5.91 Å². The minimum absolute atomic E-state index is 0.104. The molecule has 2 aromatic carbocycles. The highest BCUT2D eigenvalue weighted by molar-refractivity contribution is 6.00. The summed E-state index contributed by atoms with van der Waals surface area (Å²) in [5.74, 6) is 1.85. The molecular formula is C26H31NO5. The smallest absolute Gasteiger partial charge is 0.244 e. The lowest BCUT2D eigenvalue weighted by atomic mass is 9.99. The van der Waals surface area contributed by atoms with E-state index in [1.54, 1.807) is 33.7 Å². The van der Waals surface area contributed by atoms with Gasteiger partial charge >= 0.3 is 0 Å². The number of carbonyl (C=O) groups excluding carboxylic acids is 1. The van der Waals surface area contributed by atoms with Crippen molar-refractivity contribution in [2.45, 2.75) is 33.1 Å². The average Bonchev–Trinajstić information content (AvgIpc) is 3.23. The van der Waals surface area contributed by atoms with Crippen LogP contribution in [0, 0.1) is 0 Å². The fourth-order valence-electron chi connectivity index (χ4n) is 3.67. The molecule has 0 spiro atoms. The van der Waals surface area contributed by atoms with E-state index >= 15 is 0 Å². The Hall–Kier alpha value is -3.41. The normalized spacial score (nSPS) is 11.5. The van der Waals surface area contributed by atoms with Crippen molar-refractivity contribution >= 4 is 22.4 Å². The molecule has 170 valence electrons. The summed E-state index contributed by atoms with van der Waals surface area (Å²) in [6.45, 7) is 4.73. The molecule has 0 aliphatic rings. The summed E-state index contributed by atoms with van der Waals surface area (Å²) < 4.78 is 22.2. The molecule has 0 aliphatic heterocycles. The molecule has 6 nitrogen and oxygen atoms in total. The number of allylic oxidation sites excluding steroid dienone is 1. The highest BCUT2D eigenvalue weighted by Gasteiger charge is 2.16. The van der Waals surface area contributed by atoms with Crippen molar-refractivity contribution < 1.29 is 23.4 Å². The van der Waals surface area contributed by atoms with Crippen molar-refractivity contribution in [3.05, 3.63) is 48.2 Å². The van der Waals surface area contributed by atoms with Crippen LogP contribution in [0.25, 0.3) is 27.7 Å². The maximum atomic E-state index is 12.3. The number of carbonyl (C=O) groups is 1. The average molecular weight is 438 g/mol. The Morgan fingerprint density at radius 3 is 2.44 bits per heavy atom. The van der Waals surface area contributed by atoms with Gasteiger partial charge in [-0.05, 0) is 42.7 Å². The zero-order valence-corrected chi connectivity index (χ0v) is 19.4. The van der Waals surface area contributed by atoms with Crippen molar-refractivity contribution in [2.24, 2.45) is 0 Å². The molecule has 1 aromatic heterocycles. The number of fused-ring (bicyclic) bond motifs is 1. The molecule has 1 heterocycles. The lowest BCUT2D eigenvalue weighted by Crippen LogP contribution is -2.22. The number of methoxy groups -OCH3 is 3. The number of rotatable bonds is 10. The Labute approximate surface area is 189 Å². The topological polar surface area (TPSA) is 69.9 Å². The fourth-order valence-corrected chi connectivity index (χ4v) is 3.67. The first kappa shape index (κ1) is 23.3. The van der Waals surface area contributed by atoms with Crippen molar-refractivity contribution in [3.63, 3.8) is 0 Å². The van der Waals surface area contributed by atoms with Crippen LogP contribution in [0.5, 0.6) is 17.2 Å². The first-order valence-electron chi connectivity index (χ1n) is 10.8. The Bertz CT molecular complexity index is 1110. The third-order valence-corrected chi connectivity index (χ3v) is 5.44. The molecule has 0 atom stereocenters. The number of benzene rings is 2. The van der Waals surface area contributed by atoms with Gasteiger partial charge in [-0.1, -0.05) is 25.8 Å². The zero-order valence-electron chi connectivity index (χ0n) is 19.4. The second kappa shape index (κ2) is 10.8. The molecule has 3 rings (SSSR count). The Morgan fingerprint density at radius 2 is 1.75 bits per heavy atom. The van der Waals surface area contributed by atoms with Gasteiger partial charge in [0.05, 0.1) is 27.6 Å². The minimum Gasteiger partial charge on any atom is -0.496 e. The summed E-state index contributed by atoms with van der Waals surface area (Å²) in [6.07, 6.45) is 6.54. The molecule has 0 bridgehead atoms. The third kappa shape index (κ3) is 5.07. The van der Waals surface area contributed by atoms with Crippen LogP contribution in [0.1, 0.15) is 38.7 Å². The van der Waals surface area contributed by atoms with Crippen molar-refractivity contribution in [1.82, 2.24) is 5.32 Å². The van der Waals surface area contributed by atoms with Crippen molar-refractivity contribution in [3.8, 4) is 28.4 Å². The van der Waals surface area contributed by atoms with Gasteiger partial charge in [0.1, 0.15) is 11.3 Å². The lowest BCUT2D eigenvalue weighted by Gasteiger charge is -2.11. The van der Waals surface area contributed by atoms with Crippen LogP contribution in [0.2, 0.25) is 0 Å². The molecule has 0 unspecified atom stereocenters. The van der Waals surface area contributed by atoms with Gasteiger partial charge in [-0.15, -0.1) is 0 Å². The number of furan rings is 1. The van der Waals surface area contributed by atoms with Crippen LogP contribution in [-0.4, -0.2) is 33.8 Å². The largest absolute Gasteiger partial charge is 0.496 e. The van der Waals surface area contributed by atoms with E-state index < -0.39 is 0 Å². The van der Waals surface area contributed by atoms with E-state index in [4.69, 9.17) is 18.6 Å². The standard InChI is InChI=1S/C26H31NO5/c1-6-7-8-11-27-26(28)12-17(2)19-14-20-21(16-32-24(20)15-23(19)30-4)18-9-10-22(29-3)25(13-18)31-5/h9-10,12-16H,6-8,11H2,1-5H3,(H,27,28)/b17-12+. The fraction of sp³-hybridized carbons (Fsp3) is 0.346. The Balaban J connectivity index is 1.98. The first-order valence-corrected chi connectivity index (χ1v) is 10.8. The van der Waals surface area contributed by atoms with Crippen LogP contribution in [0.4, 0.5) is 0 Å². The maximum Gasteiger partial charge on any atom is 0.244 e. The van der Waals surface area contributed by atoms with Gasteiger partial charge < -0.3 is 23.9 Å². The summed E-state index contributed by atoms with van der Waals surface area (Å²) in [5.41, 5.74) is 4.21. The molecule has 0 fully saturated rings. The second-order valence-corrected chi connectivity index (χ2v) is 7.59. The molecule has 3 aromatic rings. The predicted molar refractivity (Wildman–Crippen MR) is 127 cm³/mol. The zero-order chi connectivity index (χ0) is 23.1. The third-order valence-electron chi connectivity index (χ3n) is 5.44. The van der Waals surface area contributed by atoms with E-state index in [1.165, 1.54) is 0 Å². The summed E-state index contributed by atoms with van der Waals surface area (Å²) in [4.78, 5) is 12.3. The molecule has 0 saturated carbocycles. The molecule has 1 amide bonds. The van der Waals surface area contributed by atoms with Gasteiger partial charge in [-0.25, -0.2) is 0 Å². The summed E-state index contributed by atoms with van der Waals surface area (Å²) >= 11 is 0. The van der Waals surface area contributed by atoms with E-state index in [9.17, 15) is 4.79 Å². The van der Waals surface area contributed by atoms with Gasteiger partial charge in [0.25, 0.3) is 0 Å². The van der Waals surface area contributed by atoms with Gasteiger partial charge in [-0.3, -0.25) is 4.79 Å². The minimum atomic E-state index is -0.104. The van der Waals surface area contributed by atoms with E-state index in [0.717, 1.165) is 46.9 Å². The van der Waals surface area contributed by atoms with Crippen molar-refractivity contribution in [2.75, 3.05) is 27.9 Å². The van der Waals surface area contributed by atoms with Gasteiger partial charge in [0.15, 0.2) is 11.5 Å². The van der Waals surface area contributed by atoms with Gasteiger partial charge in [0, 0.05) is 35.2 Å². The Kier molecular flexibility index (Phi) is 7.82. The molecule has 32 heavy (non-hydrogen) atoms.